The van der Waals surface area contributed by atoms with Crippen molar-refractivity contribution in [1.29, 1.82) is 0 Å². The lowest BCUT2D eigenvalue weighted by Gasteiger charge is -2.19. The van der Waals surface area contributed by atoms with Gasteiger partial charge in [-0.15, -0.1) is 11.3 Å². The van der Waals surface area contributed by atoms with Gasteiger partial charge in [-0.2, -0.15) is 5.10 Å². The molecule has 1 atom stereocenters. The maximum absolute atomic E-state index is 13.7. The Bertz CT molecular complexity index is 1100. The Hall–Kier alpha value is -2.54. The standard InChI is InChI=1S/C25H31FN4OS/c1-3-5-19-14-23(18-9-10-21(26)16(2)12-18)29-30(19)15-20(31)13-17-6-4-7-24-22(11-8-17)28-25(27)32-24/h9-10,12,14,17H,3-8,11,13,15H2,1-2H3,(H2,27,28). The number of ketones is 1. The molecule has 1 aliphatic rings. The number of carbonyl (C=O) groups is 1. The number of anilines is 1. The molecule has 0 radical (unpaired) electrons. The largest absolute Gasteiger partial charge is 0.375 e. The molecule has 0 saturated heterocycles. The minimum atomic E-state index is -0.219. The topological polar surface area (TPSA) is 73.8 Å². The highest BCUT2D eigenvalue weighted by Gasteiger charge is 2.21. The summed E-state index contributed by atoms with van der Waals surface area (Å²) in [5.41, 5.74) is 10.3. The van der Waals surface area contributed by atoms with Crippen LogP contribution in [0.1, 0.15) is 60.9 Å². The Morgan fingerprint density at radius 2 is 2.12 bits per heavy atom. The van der Waals surface area contributed by atoms with E-state index in [9.17, 15) is 9.18 Å². The van der Waals surface area contributed by atoms with E-state index >= 15 is 0 Å². The first-order chi connectivity index (χ1) is 15.4. The Morgan fingerprint density at radius 1 is 1.28 bits per heavy atom. The van der Waals surface area contributed by atoms with E-state index in [1.807, 2.05) is 16.8 Å². The smallest absolute Gasteiger partial charge is 0.180 e. The van der Waals surface area contributed by atoms with Gasteiger partial charge >= 0.3 is 0 Å². The molecule has 4 rings (SSSR count). The van der Waals surface area contributed by atoms with Gasteiger partial charge in [0.15, 0.2) is 10.9 Å². The van der Waals surface area contributed by atoms with Crippen LogP contribution in [0.25, 0.3) is 11.3 Å². The highest BCUT2D eigenvalue weighted by atomic mass is 32.1. The van der Waals surface area contributed by atoms with Gasteiger partial charge in [-0.25, -0.2) is 9.37 Å². The first-order valence-electron chi connectivity index (χ1n) is 11.5. The molecule has 1 unspecified atom stereocenters. The summed E-state index contributed by atoms with van der Waals surface area (Å²) in [6.07, 6.45) is 7.43. The number of carbonyl (C=O) groups excluding carboxylic acids is 1. The summed E-state index contributed by atoms with van der Waals surface area (Å²) in [4.78, 5) is 18.8. The van der Waals surface area contributed by atoms with E-state index in [1.165, 1.54) is 10.9 Å². The number of nitrogens with two attached hydrogens (primary N) is 1. The third-order valence-corrected chi connectivity index (χ3v) is 7.25. The lowest BCUT2D eigenvalue weighted by molar-refractivity contribution is -0.120. The van der Waals surface area contributed by atoms with Crippen LogP contribution in [-0.2, 0) is 30.6 Å². The van der Waals surface area contributed by atoms with Crippen LogP contribution in [0.5, 0.6) is 0 Å². The third-order valence-electron chi connectivity index (χ3n) is 6.27. The molecule has 2 aromatic heterocycles. The summed E-state index contributed by atoms with van der Waals surface area (Å²) in [5.74, 6) is 0.377. The second kappa shape index (κ2) is 9.94. The van der Waals surface area contributed by atoms with E-state index < -0.39 is 0 Å². The monoisotopic (exact) mass is 454 g/mol. The van der Waals surface area contributed by atoms with Crippen LogP contribution in [0.15, 0.2) is 24.3 Å². The summed E-state index contributed by atoms with van der Waals surface area (Å²) in [6.45, 7) is 4.17. The van der Waals surface area contributed by atoms with Crippen LogP contribution >= 0.6 is 11.3 Å². The van der Waals surface area contributed by atoms with E-state index in [0.29, 0.717) is 29.6 Å². The van der Waals surface area contributed by atoms with Gasteiger partial charge in [0, 0.05) is 22.6 Å². The Balaban J connectivity index is 1.44. The van der Waals surface area contributed by atoms with Crippen molar-refractivity contribution in [3.8, 4) is 11.3 Å². The lowest BCUT2D eigenvalue weighted by Crippen LogP contribution is -2.18. The van der Waals surface area contributed by atoms with Crippen molar-refractivity contribution < 1.29 is 9.18 Å². The molecule has 1 aliphatic carbocycles. The zero-order chi connectivity index (χ0) is 22.7. The molecular formula is C25H31FN4OS. The van der Waals surface area contributed by atoms with Crippen LogP contribution in [0.2, 0.25) is 0 Å². The zero-order valence-corrected chi connectivity index (χ0v) is 19.7. The second-order valence-corrected chi connectivity index (χ2v) is 9.97. The van der Waals surface area contributed by atoms with Crippen LogP contribution in [0.4, 0.5) is 9.52 Å². The number of hydrogen-bond donors (Lipinski definition) is 1. The van der Waals surface area contributed by atoms with Crippen LogP contribution in [0.3, 0.4) is 0 Å². The number of thiazole rings is 1. The predicted octanol–water partition coefficient (Wildman–Crippen LogP) is 5.53. The molecule has 0 aliphatic heterocycles. The van der Waals surface area contributed by atoms with E-state index in [1.54, 1.807) is 24.3 Å². The molecule has 170 valence electrons. The molecule has 0 amide bonds. The lowest BCUT2D eigenvalue weighted by atomic mass is 9.88. The zero-order valence-electron chi connectivity index (χ0n) is 18.9. The van der Waals surface area contributed by atoms with E-state index in [4.69, 9.17) is 10.8 Å². The number of fused-ring (bicyclic) bond motifs is 1. The molecule has 32 heavy (non-hydrogen) atoms. The molecule has 0 saturated carbocycles. The molecule has 3 aromatic rings. The van der Waals surface area contributed by atoms with Crippen molar-refractivity contribution in [2.24, 2.45) is 5.92 Å². The first kappa shape index (κ1) is 22.6. The molecule has 2 heterocycles. The fourth-order valence-electron chi connectivity index (χ4n) is 4.58. The molecule has 1 aromatic carbocycles. The molecular weight excluding hydrogens is 423 g/mol. The Labute approximate surface area is 192 Å². The van der Waals surface area contributed by atoms with E-state index in [0.717, 1.165) is 67.6 Å². The number of aromatic nitrogens is 3. The molecule has 0 bridgehead atoms. The molecule has 2 N–H and O–H groups in total. The highest BCUT2D eigenvalue weighted by molar-refractivity contribution is 7.15. The van der Waals surface area contributed by atoms with Crippen LogP contribution < -0.4 is 5.73 Å². The van der Waals surface area contributed by atoms with E-state index in [-0.39, 0.29) is 11.6 Å². The SMILES string of the molecule is CCCc1cc(-c2ccc(F)c(C)c2)nn1CC(=O)CC1CCCc2sc(N)nc2CC1. The highest BCUT2D eigenvalue weighted by Crippen LogP contribution is 2.30. The number of nitrogens with zero attached hydrogens (tertiary/aromatic N) is 3. The molecule has 0 fully saturated rings. The normalized spacial score (nSPS) is 16.4. The van der Waals surface area contributed by atoms with Gasteiger partial charge in [-0.3, -0.25) is 9.48 Å². The third kappa shape index (κ3) is 5.26. The Morgan fingerprint density at radius 3 is 2.91 bits per heavy atom. The molecule has 5 nitrogen and oxygen atoms in total. The van der Waals surface area contributed by atoms with Crippen molar-refractivity contribution in [1.82, 2.24) is 14.8 Å². The number of benzene rings is 1. The summed E-state index contributed by atoms with van der Waals surface area (Å²) in [5, 5.41) is 5.37. The van der Waals surface area contributed by atoms with Gasteiger partial charge in [0.25, 0.3) is 0 Å². The second-order valence-electron chi connectivity index (χ2n) is 8.85. The summed E-state index contributed by atoms with van der Waals surface area (Å²) < 4.78 is 15.5. The quantitative estimate of drug-likeness (QED) is 0.509. The van der Waals surface area contributed by atoms with Crippen molar-refractivity contribution >= 4 is 22.3 Å². The maximum atomic E-state index is 13.7. The average Bonchev–Trinajstić information content (AvgIpc) is 3.29. The van der Waals surface area contributed by atoms with Gasteiger partial charge in [0.1, 0.15) is 5.82 Å². The Kier molecular flexibility index (Phi) is 7.04. The first-order valence-corrected chi connectivity index (χ1v) is 12.3. The maximum Gasteiger partial charge on any atom is 0.180 e. The average molecular weight is 455 g/mol. The van der Waals surface area contributed by atoms with Gasteiger partial charge in [0.2, 0.25) is 0 Å². The minimum absolute atomic E-state index is 0.218. The number of aryl methyl sites for hydroxylation is 4. The number of Topliss-reactive ketones (excluding diaryl/α,β-unsaturated/α-hetero) is 1. The van der Waals surface area contributed by atoms with Crippen molar-refractivity contribution in [2.45, 2.75) is 71.8 Å². The summed E-state index contributed by atoms with van der Waals surface area (Å²) in [6, 6.07) is 7.08. The van der Waals surface area contributed by atoms with Gasteiger partial charge < -0.3 is 5.73 Å². The van der Waals surface area contributed by atoms with E-state index in [2.05, 4.69) is 11.9 Å². The minimum Gasteiger partial charge on any atom is -0.375 e. The molecule has 7 heteroatoms. The van der Waals surface area contributed by atoms with Gasteiger partial charge in [-0.1, -0.05) is 13.3 Å². The summed E-state index contributed by atoms with van der Waals surface area (Å²) in [7, 11) is 0. The number of halogens is 1. The fourth-order valence-corrected chi connectivity index (χ4v) is 5.50. The van der Waals surface area contributed by atoms with Gasteiger partial charge in [0.05, 0.1) is 17.9 Å². The predicted molar refractivity (Wildman–Crippen MR) is 127 cm³/mol. The van der Waals surface area contributed by atoms with Crippen LogP contribution in [0, 0.1) is 18.7 Å². The number of hydrogen-bond acceptors (Lipinski definition) is 5. The van der Waals surface area contributed by atoms with Crippen molar-refractivity contribution in [2.75, 3.05) is 5.73 Å². The van der Waals surface area contributed by atoms with Crippen molar-refractivity contribution in [3.63, 3.8) is 0 Å². The number of nitrogen functional groups attached to an aromatic ring is 1. The van der Waals surface area contributed by atoms with Crippen LogP contribution in [-0.4, -0.2) is 20.5 Å². The summed E-state index contributed by atoms with van der Waals surface area (Å²) >= 11 is 1.61. The number of rotatable bonds is 7. The fraction of sp³-hybridized carbons (Fsp3) is 0.480. The van der Waals surface area contributed by atoms with Gasteiger partial charge in [-0.05, 0) is 81.2 Å². The molecule has 0 spiro atoms. The van der Waals surface area contributed by atoms with Crippen molar-refractivity contribution in [3.05, 3.63) is 51.9 Å².